The van der Waals surface area contributed by atoms with Crippen LogP contribution in [0.25, 0.3) is 0 Å². The molecule has 0 aromatic heterocycles. The number of anilines is 1. The number of likely N-dealkylation sites (N-methyl/N-ethyl adjacent to an activating group) is 1. The Hall–Kier alpha value is -2.25. The zero-order valence-corrected chi connectivity index (χ0v) is 24.2. The first-order chi connectivity index (χ1) is 17.1. The minimum atomic E-state index is -4.44. The number of ether oxygens (including phenoxy) is 1. The summed E-state index contributed by atoms with van der Waals surface area (Å²) in [6, 6.07) is 6.58. The smallest absolute Gasteiger partial charge is 0.416 e. The molecule has 0 atom stereocenters. The second-order valence-corrected chi connectivity index (χ2v) is 7.71. The van der Waals surface area contributed by atoms with Crippen LogP contribution in [-0.4, -0.2) is 38.6 Å². The van der Waals surface area contributed by atoms with E-state index in [0.717, 1.165) is 24.2 Å². The molecule has 0 aliphatic rings. The molecule has 2 aromatic rings. The Kier molecular flexibility index (Phi) is 18.9. The van der Waals surface area contributed by atoms with E-state index in [1.807, 2.05) is 67.5 Å². The summed E-state index contributed by atoms with van der Waals surface area (Å²) >= 11 is 6.22. The molecule has 0 saturated carbocycles. The van der Waals surface area contributed by atoms with E-state index in [2.05, 4.69) is 5.32 Å². The van der Waals surface area contributed by atoms with Gasteiger partial charge in [-0.05, 0) is 68.4 Å². The van der Waals surface area contributed by atoms with Crippen molar-refractivity contribution in [1.82, 2.24) is 4.90 Å². The zero-order chi connectivity index (χ0) is 28.5. The molecule has 0 heterocycles. The van der Waals surface area contributed by atoms with Gasteiger partial charge in [-0.15, -0.1) is 0 Å². The quantitative estimate of drug-likeness (QED) is 0.369. The summed E-state index contributed by atoms with van der Waals surface area (Å²) in [5.74, 6) is -0.0831. The maximum atomic E-state index is 13.1. The number of rotatable bonds is 8. The van der Waals surface area contributed by atoms with Gasteiger partial charge in [0.2, 0.25) is 0 Å². The van der Waals surface area contributed by atoms with Crippen LogP contribution in [0.4, 0.5) is 18.9 Å². The number of aryl methyl sites for hydroxylation is 1. The predicted molar refractivity (Wildman–Crippen MR) is 148 cm³/mol. The average molecular weight is 533 g/mol. The third kappa shape index (κ3) is 11.7. The van der Waals surface area contributed by atoms with Crippen LogP contribution >= 0.6 is 11.6 Å². The highest BCUT2D eigenvalue weighted by Gasteiger charge is 2.31. The van der Waals surface area contributed by atoms with E-state index in [9.17, 15) is 18.0 Å². The van der Waals surface area contributed by atoms with Crippen molar-refractivity contribution in [3.8, 4) is 5.75 Å². The Morgan fingerprint density at radius 2 is 1.56 bits per heavy atom. The Labute approximate surface area is 221 Å². The van der Waals surface area contributed by atoms with Crippen molar-refractivity contribution in [2.45, 2.75) is 73.9 Å². The number of alkyl halides is 3. The van der Waals surface area contributed by atoms with Gasteiger partial charge in [0.1, 0.15) is 5.75 Å². The SMILES string of the molecule is CC.CC.CC.CCCc1cc(C(F)(F)F)ccc1NC(=O)c1cc(Cl)cc(CCN(C)C)c1OC. The normalized spacial score (nSPS) is 10.2. The summed E-state index contributed by atoms with van der Waals surface area (Å²) in [6.45, 7) is 14.6. The van der Waals surface area contributed by atoms with Gasteiger partial charge in [0, 0.05) is 17.3 Å². The van der Waals surface area contributed by atoms with Gasteiger partial charge in [-0.25, -0.2) is 0 Å². The summed E-state index contributed by atoms with van der Waals surface area (Å²) in [4.78, 5) is 15.0. The van der Waals surface area contributed by atoms with Crippen molar-refractivity contribution in [2.24, 2.45) is 0 Å². The molecule has 0 radical (unpaired) electrons. The van der Waals surface area contributed by atoms with Gasteiger partial charge in [-0.2, -0.15) is 13.2 Å². The Morgan fingerprint density at radius 1 is 0.972 bits per heavy atom. The second kappa shape index (κ2) is 18.9. The van der Waals surface area contributed by atoms with E-state index in [4.69, 9.17) is 16.3 Å². The van der Waals surface area contributed by atoms with E-state index in [-0.39, 0.29) is 5.56 Å². The predicted octanol–water partition coefficient (Wildman–Crippen LogP) is 8.75. The molecule has 1 N–H and O–H groups in total. The van der Waals surface area contributed by atoms with E-state index >= 15 is 0 Å². The molecule has 0 spiro atoms. The molecule has 2 rings (SSSR count). The highest BCUT2D eigenvalue weighted by molar-refractivity contribution is 6.31. The molecule has 0 aliphatic heterocycles. The van der Waals surface area contributed by atoms with Crippen LogP contribution in [0.15, 0.2) is 30.3 Å². The number of carbonyl (C=O) groups is 1. The van der Waals surface area contributed by atoms with E-state index < -0.39 is 17.6 Å². The number of methoxy groups -OCH3 is 1. The second-order valence-electron chi connectivity index (χ2n) is 7.27. The first-order valence-corrected chi connectivity index (χ1v) is 13.0. The number of halogens is 4. The zero-order valence-electron chi connectivity index (χ0n) is 23.5. The van der Waals surface area contributed by atoms with Crippen molar-refractivity contribution < 1.29 is 22.7 Å². The molecule has 206 valence electrons. The molecule has 1 amide bonds. The van der Waals surface area contributed by atoms with Crippen LogP contribution in [0.3, 0.4) is 0 Å². The van der Waals surface area contributed by atoms with Crippen molar-refractivity contribution in [1.29, 1.82) is 0 Å². The Bertz CT molecular complexity index is 901. The fourth-order valence-corrected chi connectivity index (χ4v) is 3.39. The Morgan fingerprint density at radius 3 is 2.03 bits per heavy atom. The van der Waals surface area contributed by atoms with Gasteiger partial charge < -0.3 is 15.0 Å². The molecule has 4 nitrogen and oxygen atoms in total. The summed E-state index contributed by atoms with van der Waals surface area (Å²) in [5.41, 5.74) is 1.04. The maximum absolute atomic E-state index is 13.1. The molecule has 0 unspecified atom stereocenters. The standard InChI is InChI=1S/C22H26ClF3N2O2.3C2H6/c1-5-6-14-11-16(22(24,25)26)7-8-19(14)27-21(29)18-13-17(23)12-15(20(18)30-4)9-10-28(2)3;3*1-2/h7-8,11-13H,5-6,9-10H2,1-4H3,(H,27,29);3*1-2H3. The summed E-state index contributed by atoms with van der Waals surface area (Å²) in [7, 11) is 5.34. The molecule has 0 fully saturated rings. The number of nitrogens with zero attached hydrogens (tertiary/aromatic N) is 1. The molecule has 2 aromatic carbocycles. The van der Waals surface area contributed by atoms with Crippen molar-refractivity contribution >= 4 is 23.2 Å². The molecular weight excluding hydrogens is 489 g/mol. The van der Waals surface area contributed by atoms with Crippen LogP contribution in [0, 0.1) is 0 Å². The molecule has 36 heavy (non-hydrogen) atoms. The number of benzene rings is 2. The average Bonchev–Trinajstić information content (AvgIpc) is 2.86. The molecule has 8 heteroatoms. The van der Waals surface area contributed by atoms with Gasteiger partial charge in [-0.1, -0.05) is 66.5 Å². The van der Waals surface area contributed by atoms with Gasteiger partial charge in [0.15, 0.2) is 0 Å². The van der Waals surface area contributed by atoms with Gasteiger partial charge in [-0.3, -0.25) is 4.79 Å². The summed E-state index contributed by atoms with van der Waals surface area (Å²) in [6.07, 6.45) is -2.78. The first kappa shape index (κ1) is 35.9. The van der Waals surface area contributed by atoms with Gasteiger partial charge >= 0.3 is 6.18 Å². The minimum absolute atomic E-state index is 0.237. The third-order valence-corrected chi connectivity index (χ3v) is 4.83. The molecular formula is C28H44ClF3N2O2. The van der Waals surface area contributed by atoms with Crippen LogP contribution in [0.2, 0.25) is 5.02 Å². The van der Waals surface area contributed by atoms with E-state index in [1.54, 1.807) is 6.07 Å². The van der Waals surface area contributed by atoms with E-state index in [1.165, 1.54) is 19.2 Å². The van der Waals surface area contributed by atoms with Crippen LogP contribution < -0.4 is 10.1 Å². The van der Waals surface area contributed by atoms with Crippen LogP contribution in [0.1, 0.15) is 81.9 Å². The Balaban J connectivity index is 0. The molecule has 0 saturated heterocycles. The van der Waals surface area contributed by atoms with Gasteiger partial charge in [0.25, 0.3) is 5.91 Å². The highest BCUT2D eigenvalue weighted by Crippen LogP contribution is 2.34. The summed E-state index contributed by atoms with van der Waals surface area (Å²) in [5, 5.41) is 3.11. The monoisotopic (exact) mass is 532 g/mol. The molecule has 0 aliphatic carbocycles. The maximum Gasteiger partial charge on any atom is 0.416 e. The lowest BCUT2D eigenvalue weighted by Crippen LogP contribution is -2.18. The fraction of sp³-hybridized carbons (Fsp3) is 0.536. The summed E-state index contributed by atoms with van der Waals surface area (Å²) < 4.78 is 44.7. The van der Waals surface area contributed by atoms with E-state index in [0.29, 0.717) is 41.3 Å². The fourth-order valence-electron chi connectivity index (χ4n) is 3.15. The first-order valence-electron chi connectivity index (χ1n) is 12.6. The third-order valence-electron chi connectivity index (χ3n) is 4.61. The van der Waals surface area contributed by atoms with Crippen LogP contribution in [-0.2, 0) is 19.0 Å². The lowest BCUT2D eigenvalue weighted by atomic mass is 10.0. The number of hydrogen-bond donors (Lipinski definition) is 1. The minimum Gasteiger partial charge on any atom is -0.496 e. The number of amides is 1. The van der Waals surface area contributed by atoms with Gasteiger partial charge in [0.05, 0.1) is 18.2 Å². The topological polar surface area (TPSA) is 41.6 Å². The van der Waals surface area contributed by atoms with Crippen molar-refractivity contribution in [2.75, 3.05) is 33.1 Å². The van der Waals surface area contributed by atoms with Crippen LogP contribution in [0.5, 0.6) is 5.75 Å². The number of nitrogens with one attached hydrogen (secondary N) is 1. The lowest BCUT2D eigenvalue weighted by molar-refractivity contribution is -0.137. The number of hydrogen-bond acceptors (Lipinski definition) is 3. The van der Waals surface area contributed by atoms with Crippen molar-refractivity contribution in [3.63, 3.8) is 0 Å². The van der Waals surface area contributed by atoms with Crippen molar-refractivity contribution in [3.05, 3.63) is 57.6 Å². The lowest BCUT2D eigenvalue weighted by Gasteiger charge is -2.18. The number of carbonyl (C=O) groups excluding carboxylic acids is 1. The highest BCUT2D eigenvalue weighted by atomic mass is 35.5. The molecule has 0 bridgehead atoms. The largest absolute Gasteiger partial charge is 0.496 e.